The van der Waals surface area contributed by atoms with Gasteiger partial charge in [-0.3, -0.25) is 4.90 Å². The third kappa shape index (κ3) is 3.77. The molecule has 2 aromatic heterocycles. The predicted molar refractivity (Wildman–Crippen MR) is 96.6 cm³/mol. The van der Waals surface area contributed by atoms with Crippen molar-refractivity contribution in [1.82, 2.24) is 14.9 Å². The van der Waals surface area contributed by atoms with Crippen LogP contribution in [0.2, 0.25) is 0 Å². The summed E-state index contributed by atoms with van der Waals surface area (Å²) < 4.78 is 5.50. The van der Waals surface area contributed by atoms with Gasteiger partial charge in [-0.2, -0.15) is 0 Å². The van der Waals surface area contributed by atoms with Gasteiger partial charge in [0.1, 0.15) is 12.1 Å². The van der Waals surface area contributed by atoms with Crippen LogP contribution in [0.1, 0.15) is 29.3 Å². The Morgan fingerprint density at radius 2 is 2.21 bits per heavy atom. The molecule has 2 aromatic rings. The molecular formula is C18H24N4OS. The normalized spacial score (nSPS) is 22.7. The predicted octanol–water partition coefficient (Wildman–Crippen LogP) is 2.75. The first-order chi connectivity index (χ1) is 11.9. The third-order valence-corrected chi connectivity index (χ3v) is 5.75. The summed E-state index contributed by atoms with van der Waals surface area (Å²) in [6.45, 7) is 7.06. The number of aromatic nitrogens is 2. The molecule has 0 N–H and O–H groups in total. The number of nitrogens with zero attached hydrogens (tertiary/aromatic N) is 4. The van der Waals surface area contributed by atoms with E-state index in [2.05, 4.69) is 43.3 Å². The van der Waals surface area contributed by atoms with Crippen molar-refractivity contribution in [2.75, 3.05) is 44.3 Å². The van der Waals surface area contributed by atoms with Gasteiger partial charge in [0, 0.05) is 56.2 Å². The van der Waals surface area contributed by atoms with Crippen molar-refractivity contribution in [3.05, 3.63) is 40.5 Å². The Kier molecular flexibility index (Phi) is 5.06. The minimum Gasteiger partial charge on any atom is -0.381 e. The fraction of sp³-hybridized carbons (Fsp3) is 0.556. The second-order valence-corrected chi connectivity index (χ2v) is 7.59. The van der Waals surface area contributed by atoms with Crippen LogP contribution in [0.5, 0.6) is 0 Å². The molecule has 0 spiro atoms. The minimum absolute atomic E-state index is 0.439. The molecule has 4 rings (SSSR count). The summed E-state index contributed by atoms with van der Waals surface area (Å²) in [5.41, 5.74) is 1.14. The zero-order chi connectivity index (χ0) is 16.2. The molecule has 2 fully saturated rings. The smallest absolute Gasteiger partial charge is 0.132 e. The Balaban J connectivity index is 1.40. The van der Waals surface area contributed by atoms with Crippen molar-refractivity contribution in [2.24, 2.45) is 0 Å². The highest BCUT2D eigenvalue weighted by Crippen LogP contribution is 2.26. The number of ether oxygens (including phenoxy) is 1. The molecule has 2 aliphatic rings. The maximum Gasteiger partial charge on any atom is 0.132 e. The molecule has 24 heavy (non-hydrogen) atoms. The standard InChI is InChI=1S/C18H24N4OS/c1-3-16(24-10-1)12-21-5-2-6-22(8-7-21)18-11-17(19-14-20-18)15-4-9-23-13-15/h1,3,10-11,14-15H,2,4-9,12-13H2. The molecule has 0 aromatic carbocycles. The fourth-order valence-corrected chi connectivity index (χ4v) is 4.25. The molecule has 0 amide bonds. The average molecular weight is 344 g/mol. The van der Waals surface area contributed by atoms with Gasteiger partial charge in [-0.1, -0.05) is 6.07 Å². The van der Waals surface area contributed by atoms with Gasteiger partial charge in [-0.05, 0) is 24.3 Å². The van der Waals surface area contributed by atoms with Crippen molar-refractivity contribution in [1.29, 1.82) is 0 Å². The summed E-state index contributed by atoms with van der Waals surface area (Å²) in [5, 5.41) is 2.16. The van der Waals surface area contributed by atoms with Crippen LogP contribution in [0.15, 0.2) is 29.9 Å². The molecule has 2 aliphatic heterocycles. The van der Waals surface area contributed by atoms with Crippen molar-refractivity contribution in [2.45, 2.75) is 25.3 Å². The lowest BCUT2D eigenvalue weighted by Crippen LogP contribution is -2.31. The van der Waals surface area contributed by atoms with E-state index in [4.69, 9.17) is 4.74 Å². The molecule has 0 bridgehead atoms. The third-order valence-electron chi connectivity index (χ3n) is 4.89. The molecule has 0 aliphatic carbocycles. The lowest BCUT2D eigenvalue weighted by atomic mass is 10.0. The summed E-state index contributed by atoms with van der Waals surface area (Å²) in [5.74, 6) is 1.51. The number of hydrogen-bond acceptors (Lipinski definition) is 6. The zero-order valence-corrected chi connectivity index (χ0v) is 14.7. The summed E-state index contributed by atoms with van der Waals surface area (Å²) in [6.07, 6.45) is 3.97. The van der Waals surface area contributed by atoms with E-state index < -0.39 is 0 Å². The van der Waals surface area contributed by atoms with Crippen molar-refractivity contribution >= 4 is 17.2 Å². The molecule has 6 heteroatoms. The maximum absolute atomic E-state index is 5.50. The molecular weight excluding hydrogens is 320 g/mol. The van der Waals surface area contributed by atoms with Gasteiger partial charge in [0.15, 0.2) is 0 Å². The van der Waals surface area contributed by atoms with Gasteiger partial charge in [-0.25, -0.2) is 9.97 Å². The highest BCUT2D eigenvalue weighted by molar-refractivity contribution is 7.09. The quantitative estimate of drug-likeness (QED) is 0.853. The van der Waals surface area contributed by atoms with Gasteiger partial charge in [0.2, 0.25) is 0 Å². The molecule has 0 radical (unpaired) electrons. The Labute approximate surface area is 147 Å². The van der Waals surface area contributed by atoms with E-state index in [9.17, 15) is 0 Å². The molecule has 4 heterocycles. The summed E-state index contributed by atoms with van der Waals surface area (Å²) >= 11 is 1.85. The van der Waals surface area contributed by atoms with Crippen molar-refractivity contribution in [3.63, 3.8) is 0 Å². The van der Waals surface area contributed by atoms with Gasteiger partial charge in [0.25, 0.3) is 0 Å². The second kappa shape index (κ2) is 7.59. The van der Waals surface area contributed by atoms with Crippen LogP contribution in [0.25, 0.3) is 0 Å². The lowest BCUT2D eigenvalue weighted by Gasteiger charge is -2.23. The van der Waals surface area contributed by atoms with Crippen molar-refractivity contribution < 1.29 is 4.74 Å². The van der Waals surface area contributed by atoms with Crippen LogP contribution in [0.4, 0.5) is 5.82 Å². The topological polar surface area (TPSA) is 41.5 Å². The highest BCUT2D eigenvalue weighted by atomic mass is 32.1. The van der Waals surface area contributed by atoms with E-state index in [1.54, 1.807) is 6.33 Å². The second-order valence-electron chi connectivity index (χ2n) is 6.56. The highest BCUT2D eigenvalue weighted by Gasteiger charge is 2.21. The summed E-state index contributed by atoms with van der Waals surface area (Å²) in [6, 6.07) is 6.54. The van der Waals surface area contributed by atoms with Crippen LogP contribution >= 0.6 is 11.3 Å². The number of anilines is 1. The van der Waals surface area contributed by atoms with E-state index in [0.717, 1.165) is 63.9 Å². The first kappa shape index (κ1) is 16.0. The molecule has 2 saturated heterocycles. The first-order valence-electron chi connectivity index (χ1n) is 8.78. The zero-order valence-electron chi connectivity index (χ0n) is 13.9. The van der Waals surface area contributed by atoms with Gasteiger partial charge in [0.05, 0.1) is 12.3 Å². The summed E-state index contributed by atoms with van der Waals surface area (Å²) in [7, 11) is 0. The van der Waals surface area contributed by atoms with E-state index in [1.165, 1.54) is 11.3 Å². The van der Waals surface area contributed by atoms with Gasteiger partial charge in [-0.15, -0.1) is 11.3 Å². The fourth-order valence-electron chi connectivity index (χ4n) is 3.51. The minimum atomic E-state index is 0.439. The Morgan fingerprint density at radius 3 is 3.04 bits per heavy atom. The van der Waals surface area contributed by atoms with Crippen LogP contribution in [0.3, 0.4) is 0 Å². The first-order valence-corrected chi connectivity index (χ1v) is 9.66. The molecule has 1 atom stereocenters. The van der Waals surface area contributed by atoms with Crippen LogP contribution in [-0.2, 0) is 11.3 Å². The Bertz CT molecular complexity index is 642. The van der Waals surface area contributed by atoms with Crippen molar-refractivity contribution in [3.8, 4) is 0 Å². The van der Waals surface area contributed by atoms with E-state index in [0.29, 0.717) is 5.92 Å². The molecule has 5 nitrogen and oxygen atoms in total. The number of hydrogen-bond donors (Lipinski definition) is 0. The van der Waals surface area contributed by atoms with E-state index in [1.807, 2.05) is 11.3 Å². The monoisotopic (exact) mass is 344 g/mol. The van der Waals surface area contributed by atoms with E-state index >= 15 is 0 Å². The van der Waals surface area contributed by atoms with Crippen LogP contribution < -0.4 is 4.90 Å². The van der Waals surface area contributed by atoms with Gasteiger partial charge < -0.3 is 9.64 Å². The SMILES string of the molecule is c1csc(CN2CCCN(c3cc(C4CCOC4)ncn3)CC2)c1. The molecule has 128 valence electrons. The molecule has 0 saturated carbocycles. The van der Waals surface area contributed by atoms with Crippen LogP contribution in [0, 0.1) is 0 Å². The number of rotatable bonds is 4. The lowest BCUT2D eigenvalue weighted by molar-refractivity contribution is 0.193. The Hall–Kier alpha value is -1.50. The van der Waals surface area contributed by atoms with Crippen LogP contribution in [-0.4, -0.2) is 54.3 Å². The van der Waals surface area contributed by atoms with Gasteiger partial charge >= 0.3 is 0 Å². The summed E-state index contributed by atoms with van der Waals surface area (Å²) in [4.78, 5) is 15.4. The number of thiophene rings is 1. The maximum atomic E-state index is 5.50. The average Bonchev–Trinajstić information content (AvgIpc) is 3.27. The molecule has 1 unspecified atom stereocenters. The van der Waals surface area contributed by atoms with E-state index in [-0.39, 0.29) is 0 Å². The largest absolute Gasteiger partial charge is 0.381 e. The Morgan fingerprint density at radius 1 is 1.21 bits per heavy atom.